The fourth-order valence-corrected chi connectivity index (χ4v) is 5.96. The molecular formula is C34H35FN2O2. The molecule has 4 aromatic carbocycles. The number of benzene rings is 4. The lowest BCUT2D eigenvalue weighted by Gasteiger charge is -2.41. The SMILES string of the molecule is CN1CCC(Oc2ccc(CC3(c4ccc(F)cc4)NCCc4cc(OCc5ccccc5)ccc43)cc2)C1. The summed E-state index contributed by atoms with van der Waals surface area (Å²) in [5.74, 6) is 1.55. The second-order valence-electron chi connectivity index (χ2n) is 10.8. The van der Waals surface area contributed by atoms with Crippen molar-refractivity contribution >= 4 is 0 Å². The maximum absolute atomic E-state index is 14.0. The lowest BCUT2D eigenvalue weighted by Crippen LogP contribution is -2.49. The zero-order chi connectivity index (χ0) is 26.7. The molecular weight excluding hydrogens is 487 g/mol. The van der Waals surface area contributed by atoms with E-state index in [0.717, 1.165) is 61.5 Å². The number of hydrogen-bond acceptors (Lipinski definition) is 4. The average Bonchev–Trinajstić information content (AvgIpc) is 3.38. The van der Waals surface area contributed by atoms with Crippen LogP contribution >= 0.6 is 0 Å². The molecule has 0 radical (unpaired) electrons. The third-order valence-corrected chi connectivity index (χ3v) is 7.99. The van der Waals surface area contributed by atoms with Crippen molar-refractivity contribution in [1.82, 2.24) is 10.2 Å². The number of likely N-dealkylation sites (N-methyl/N-ethyl adjacent to an activating group) is 1. The van der Waals surface area contributed by atoms with Crippen molar-refractivity contribution in [3.05, 3.63) is 131 Å². The maximum Gasteiger partial charge on any atom is 0.123 e. The number of rotatable bonds is 8. The molecule has 0 aliphatic carbocycles. The van der Waals surface area contributed by atoms with Gasteiger partial charge in [-0.1, -0.05) is 60.7 Å². The molecule has 1 N–H and O–H groups in total. The van der Waals surface area contributed by atoms with Crippen LogP contribution in [0.2, 0.25) is 0 Å². The summed E-state index contributed by atoms with van der Waals surface area (Å²) in [6.07, 6.45) is 2.95. The number of ether oxygens (including phenoxy) is 2. The van der Waals surface area contributed by atoms with Gasteiger partial charge in [-0.2, -0.15) is 0 Å². The molecule has 4 nitrogen and oxygen atoms in total. The van der Waals surface area contributed by atoms with E-state index in [1.807, 2.05) is 30.3 Å². The molecule has 2 aliphatic heterocycles. The predicted molar refractivity (Wildman–Crippen MR) is 153 cm³/mol. The molecule has 0 amide bonds. The van der Waals surface area contributed by atoms with Crippen LogP contribution in [0, 0.1) is 5.82 Å². The minimum Gasteiger partial charge on any atom is -0.489 e. The van der Waals surface area contributed by atoms with Gasteiger partial charge in [0.15, 0.2) is 0 Å². The van der Waals surface area contributed by atoms with E-state index in [-0.39, 0.29) is 11.9 Å². The molecule has 39 heavy (non-hydrogen) atoms. The Morgan fingerprint density at radius 3 is 2.41 bits per heavy atom. The second kappa shape index (κ2) is 11.2. The second-order valence-corrected chi connectivity index (χ2v) is 10.8. The topological polar surface area (TPSA) is 33.7 Å². The van der Waals surface area contributed by atoms with E-state index in [1.165, 1.54) is 16.7 Å². The van der Waals surface area contributed by atoms with E-state index < -0.39 is 5.54 Å². The summed E-state index contributed by atoms with van der Waals surface area (Å²) in [6, 6.07) is 32.0. The Kier molecular flexibility index (Phi) is 7.36. The van der Waals surface area contributed by atoms with Crippen LogP contribution in [0.5, 0.6) is 11.5 Å². The van der Waals surface area contributed by atoms with Crippen LogP contribution < -0.4 is 14.8 Å². The van der Waals surface area contributed by atoms with Gasteiger partial charge in [0.25, 0.3) is 0 Å². The monoisotopic (exact) mass is 522 g/mol. The summed E-state index contributed by atoms with van der Waals surface area (Å²) in [5.41, 5.74) is 5.38. The Morgan fingerprint density at radius 1 is 0.897 bits per heavy atom. The third-order valence-electron chi connectivity index (χ3n) is 7.99. The van der Waals surface area contributed by atoms with Crippen molar-refractivity contribution in [2.75, 3.05) is 26.7 Å². The summed E-state index contributed by atoms with van der Waals surface area (Å²) in [6.45, 7) is 3.40. The normalized spacial score (nSPS) is 20.9. The highest BCUT2D eigenvalue weighted by molar-refractivity contribution is 5.49. The average molecular weight is 523 g/mol. The first-order valence-corrected chi connectivity index (χ1v) is 13.8. The van der Waals surface area contributed by atoms with Crippen molar-refractivity contribution in [2.24, 2.45) is 0 Å². The van der Waals surface area contributed by atoms with Gasteiger partial charge in [-0.05, 0) is 90.5 Å². The van der Waals surface area contributed by atoms with E-state index in [4.69, 9.17) is 9.47 Å². The molecule has 2 aliphatic rings. The van der Waals surface area contributed by atoms with Gasteiger partial charge >= 0.3 is 0 Å². The molecule has 0 saturated carbocycles. The number of hydrogen-bond donors (Lipinski definition) is 1. The van der Waals surface area contributed by atoms with E-state index in [0.29, 0.717) is 6.61 Å². The Labute approximate surface area is 230 Å². The van der Waals surface area contributed by atoms with Crippen molar-refractivity contribution < 1.29 is 13.9 Å². The first kappa shape index (κ1) is 25.6. The quantitative estimate of drug-likeness (QED) is 0.302. The Morgan fingerprint density at radius 2 is 1.67 bits per heavy atom. The number of fused-ring (bicyclic) bond motifs is 1. The molecule has 5 heteroatoms. The van der Waals surface area contributed by atoms with E-state index in [1.54, 1.807) is 12.1 Å². The van der Waals surface area contributed by atoms with Gasteiger partial charge in [-0.3, -0.25) is 0 Å². The molecule has 200 valence electrons. The van der Waals surface area contributed by atoms with E-state index >= 15 is 0 Å². The van der Waals surface area contributed by atoms with Gasteiger partial charge in [-0.15, -0.1) is 0 Å². The Bertz CT molecular complexity index is 1390. The van der Waals surface area contributed by atoms with Crippen molar-refractivity contribution in [3.8, 4) is 11.5 Å². The van der Waals surface area contributed by atoms with Crippen LogP contribution in [0.1, 0.15) is 34.2 Å². The highest BCUT2D eigenvalue weighted by atomic mass is 19.1. The molecule has 4 aromatic rings. The molecule has 6 rings (SSSR count). The number of nitrogens with one attached hydrogen (secondary N) is 1. The fraction of sp³-hybridized carbons (Fsp3) is 0.294. The standard InChI is InChI=1S/C34H35FN2O2/c1-37-20-18-32(23-37)39-30-13-7-25(8-14-30)22-34(28-9-11-29(35)12-10-28)33-16-15-31(21-27(33)17-19-36-34)38-24-26-5-3-2-4-6-26/h2-16,21,32,36H,17-20,22-24H2,1H3. The molecule has 2 heterocycles. The molecule has 2 unspecified atom stereocenters. The fourth-order valence-electron chi connectivity index (χ4n) is 5.96. The predicted octanol–water partition coefficient (Wildman–Crippen LogP) is 6.12. The summed E-state index contributed by atoms with van der Waals surface area (Å²) in [5, 5.41) is 3.83. The summed E-state index contributed by atoms with van der Waals surface area (Å²) in [4.78, 5) is 2.30. The van der Waals surface area contributed by atoms with Crippen molar-refractivity contribution in [2.45, 2.75) is 37.5 Å². The minimum absolute atomic E-state index is 0.228. The smallest absolute Gasteiger partial charge is 0.123 e. The van der Waals surface area contributed by atoms with Crippen molar-refractivity contribution in [1.29, 1.82) is 0 Å². The van der Waals surface area contributed by atoms with Crippen LogP contribution in [-0.4, -0.2) is 37.7 Å². The van der Waals surface area contributed by atoms with Crippen molar-refractivity contribution in [3.63, 3.8) is 0 Å². The van der Waals surface area contributed by atoms with Crippen LogP contribution in [-0.2, 0) is 25.0 Å². The number of halogens is 1. The number of likely N-dealkylation sites (tertiary alicyclic amines) is 1. The molecule has 0 bridgehead atoms. The highest BCUT2D eigenvalue weighted by Crippen LogP contribution is 2.40. The first-order chi connectivity index (χ1) is 19.1. The van der Waals surface area contributed by atoms with Crippen LogP contribution in [0.25, 0.3) is 0 Å². The van der Waals surface area contributed by atoms with Gasteiger partial charge in [0.1, 0.15) is 30.0 Å². The molecule has 0 aromatic heterocycles. The molecule has 0 spiro atoms. The minimum atomic E-state index is -0.476. The van der Waals surface area contributed by atoms with Gasteiger partial charge in [0.05, 0.1) is 5.54 Å². The molecule has 1 saturated heterocycles. The number of nitrogens with zero attached hydrogens (tertiary/aromatic N) is 1. The summed E-state index contributed by atoms with van der Waals surface area (Å²) >= 11 is 0. The van der Waals surface area contributed by atoms with E-state index in [9.17, 15) is 4.39 Å². The Hall–Kier alpha value is -3.67. The van der Waals surface area contributed by atoms with Gasteiger partial charge in [-0.25, -0.2) is 4.39 Å². The highest BCUT2D eigenvalue weighted by Gasteiger charge is 2.38. The summed E-state index contributed by atoms with van der Waals surface area (Å²) in [7, 11) is 2.13. The lowest BCUT2D eigenvalue weighted by molar-refractivity contribution is 0.208. The van der Waals surface area contributed by atoms with Gasteiger partial charge in [0, 0.05) is 19.6 Å². The zero-order valence-corrected chi connectivity index (χ0v) is 22.4. The van der Waals surface area contributed by atoms with E-state index in [2.05, 4.69) is 71.9 Å². The van der Waals surface area contributed by atoms with Crippen LogP contribution in [0.15, 0.2) is 97.1 Å². The maximum atomic E-state index is 14.0. The molecule has 2 atom stereocenters. The van der Waals surface area contributed by atoms with Crippen LogP contribution in [0.4, 0.5) is 4.39 Å². The largest absolute Gasteiger partial charge is 0.489 e. The third kappa shape index (κ3) is 5.70. The Balaban J connectivity index is 1.28. The molecule has 1 fully saturated rings. The van der Waals surface area contributed by atoms with Gasteiger partial charge < -0.3 is 19.7 Å². The summed E-state index contributed by atoms with van der Waals surface area (Å²) < 4.78 is 26.3. The lowest BCUT2D eigenvalue weighted by atomic mass is 9.73. The van der Waals surface area contributed by atoms with Gasteiger partial charge in [0.2, 0.25) is 0 Å². The first-order valence-electron chi connectivity index (χ1n) is 13.8. The zero-order valence-electron chi connectivity index (χ0n) is 22.4. The van der Waals surface area contributed by atoms with Crippen LogP contribution in [0.3, 0.4) is 0 Å².